The van der Waals surface area contributed by atoms with Gasteiger partial charge in [-0.3, -0.25) is 14.4 Å². The van der Waals surface area contributed by atoms with E-state index in [-0.39, 0.29) is 37.7 Å². The first-order chi connectivity index (χ1) is 8.99. The van der Waals surface area contributed by atoms with E-state index in [0.717, 1.165) is 5.75 Å². The molecule has 1 aliphatic heterocycles. The van der Waals surface area contributed by atoms with Crippen molar-refractivity contribution in [3.05, 3.63) is 12.7 Å². The summed E-state index contributed by atoms with van der Waals surface area (Å²) in [4.78, 5) is 39.5. The maximum absolute atomic E-state index is 12.0. The number of amides is 3. The van der Waals surface area contributed by atoms with Gasteiger partial charge in [0.05, 0.1) is 20.0 Å². The number of carbonyl (C=O) groups is 3. The second-order valence-electron chi connectivity index (χ2n) is 4.24. The van der Waals surface area contributed by atoms with Crippen LogP contribution < -0.4 is 0 Å². The molecule has 1 saturated heterocycles. The summed E-state index contributed by atoms with van der Waals surface area (Å²) in [6, 6.07) is 0. The number of carbonyl (C=O) groups excluding carboxylic acids is 3. The van der Waals surface area contributed by atoms with E-state index in [1.54, 1.807) is 11.8 Å². The molecule has 0 spiro atoms. The fourth-order valence-electron chi connectivity index (χ4n) is 1.73. The van der Waals surface area contributed by atoms with Crippen molar-refractivity contribution in [2.45, 2.75) is 13.3 Å². The predicted molar refractivity (Wildman–Crippen MR) is 74.0 cm³/mol. The lowest BCUT2D eigenvalue weighted by molar-refractivity contribution is -0.155. The van der Waals surface area contributed by atoms with Crippen LogP contribution in [0.15, 0.2) is 12.7 Å². The first-order valence-electron chi connectivity index (χ1n) is 5.93. The van der Waals surface area contributed by atoms with Crippen LogP contribution >= 0.6 is 11.8 Å². The molecule has 0 aliphatic carbocycles. The lowest BCUT2D eigenvalue weighted by atomic mass is 10.3. The highest BCUT2D eigenvalue weighted by Crippen LogP contribution is 2.11. The first kappa shape index (κ1) is 15.6. The molecule has 19 heavy (non-hydrogen) atoms. The van der Waals surface area contributed by atoms with Crippen LogP contribution in [0.5, 0.6) is 0 Å². The maximum Gasteiger partial charge on any atom is 0.248 e. The summed E-state index contributed by atoms with van der Waals surface area (Å²) in [6.45, 7) is 5.50. The van der Waals surface area contributed by atoms with Gasteiger partial charge in [0.1, 0.15) is 0 Å². The Morgan fingerprint density at radius 2 is 1.74 bits per heavy atom. The molecule has 0 atom stereocenters. The lowest BCUT2D eigenvalue weighted by Gasteiger charge is -2.41. The van der Waals surface area contributed by atoms with E-state index >= 15 is 0 Å². The summed E-state index contributed by atoms with van der Waals surface area (Å²) < 4.78 is 0. The minimum absolute atomic E-state index is 0.0536. The van der Waals surface area contributed by atoms with Crippen molar-refractivity contribution < 1.29 is 14.4 Å². The van der Waals surface area contributed by atoms with Crippen LogP contribution in [0.4, 0.5) is 0 Å². The zero-order valence-electron chi connectivity index (χ0n) is 11.3. The number of nitrogens with zero attached hydrogens (tertiary/aromatic N) is 3. The van der Waals surface area contributed by atoms with Gasteiger partial charge in [0, 0.05) is 19.1 Å². The Labute approximate surface area is 117 Å². The second-order valence-corrected chi connectivity index (χ2v) is 5.23. The third kappa shape index (κ3) is 4.27. The molecule has 0 aromatic carbocycles. The molecular weight excluding hydrogens is 266 g/mol. The summed E-state index contributed by atoms with van der Waals surface area (Å²) in [6.07, 6.45) is 3.52. The zero-order valence-corrected chi connectivity index (χ0v) is 12.1. The van der Waals surface area contributed by atoms with Crippen molar-refractivity contribution in [1.82, 2.24) is 14.7 Å². The van der Waals surface area contributed by atoms with E-state index in [0.29, 0.717) is 6.42 Å². The fraction of sp³-hybridized carbons (Fsp3) is 0.583. The topological polar surface area (TPSA) is 60.9 Å². The van der Waals surface area contributed by atoms with Gasteiger partial charge in [0.15, 0.2) is 0 Å². The summed E-state index contributed by atoms with van der Waals surface area (Å²) in [5, 5.41) is 0. The van der Waals surface area contributed by atoms with Gasteiger partial charge in [-0.15, -0.1) is 0 Å². The summed E-state index contributed by atoms with van der Waals surface area (Å²) >= 11 is 1.59. The van der Waals surface area contributed by atoms with Gasteiger partial charge < -0.3 is 14.7 Å². The van der Waals surface area contributed by atoms with E-state index in [1.807, 2.05) is 6.26 Å². The van der Waals surface area contributed by atoms with Crippen LogP contribution in [0.25, 0.3) is 0 Å². The molecule has 0 aromatic rings. The molecule has 0 saturated carbocycles. The van der Waals surface area contributed by atoms with Gasteiger partial charge in [-0.25, -0.2) is 0 Å². The summed E-state index contributed by atoms with van der Waals surface area (Å²) in [7, 11) is 0. The Kier molecular flexibility index (Phi) is 5.88. The molecule has 0 aromatic heterocycles. The fourth-order valence-corrected chi connectivity index (χ4v) is 2.10. The number of hydrogen-bond donors (Lipinski definition) is 0. The molecule has 0 N–H and O–H groups in total. The molecule has 1 heterocycles. The molecule has 1 fully saturated rings. The normalized spacial score (nSPS) is 15.4. The van der Waals surface area contributed by atoms with Crippen molar-refractivity contribution in [2.24, 2.45) is 0 Å². The molecule has 106 valence electrons. The van der Waals surface area contributed by atoms with Gasteiger partial charge in [0.25, 0.3) is 0 Å². The second kappa shape index (κ2) is 7.18. The van der Waals surface area contributed by atoms with E-state index in [9.17, 15) is 14.4 Å². The molecule has 6 nitrogen and oxygen atoms in total. The molecular formula is C12H19N3O3S. The van der Waals surface area contributed by atoms with Gasteiger partial charge in [0.2, 0.25) is 17.7 Å². The average Bonchev–Trinajstić information content (AvgIpc) is 2.43. The number of thioether (sulfide) groups is 1. The van der Waals surface area contributed by atoms with Crippen LogP contribution in [-0.4, -0.2) is 64.4 Å². The van der Waals surface area contributed by atoms with Gasteiger partial charge >= 0.3 is 0 Å². The van der Waals surface area contributed by atoms with Crippen molar-refractivity contribution >= 4 is 29.5 Å². The smallest absolute Gasteiger partial charge is 0.248 e. The van der Waals surface area contributed by atoms with E-state index in [1.165, 1.54) is 27.7 Å². The van der Waals surface area contributed by atoms with Crippen LogP contribution in [0, 0.1) is 0 Å². The third-order valence-corrected chi connectivity index (χ3v) is 3.44. The van der Waals surface area contributed by atoms with Crippen molar-refractivity contribution in [2.75, 3.05) is 32.0 Å². The lowest BCUT2D eigenvalue weighted by Crippen LogP contribution is -2.58. The third-order valence-electron chi connectivity index (χ3n) is 2.83. The minimum atomic E-state index is -0.284. The van der Waals surface area contributed by atoms with Crippen molar-refractivity contribution in [3.63, 3.8) is 0 Å². The predicted octanol–water partition coefficient (Wildman–Crippen LogP) is 0.317. The zero-order chi connectivity index (χ0) is 14.4. The SMILES string of the molecule is C=CC(=O)N1CN(C(C)=O)CN(C(=O)CCSC)C1. The molecule has 3 amide bonds. The first-order valence-corrected chi connectivity index (χ1v) is 7.32. The molecule has 0 radical (unpaired) electrons. The average molecular weight is 285 g/mol. The van der Waals surface area contributed by atoms with Crippen LogP contribution in [0.3, 0.4) is 0 Å². The Hall–Kier alpha value is -1.50. The van der Waals surface area contributed by atoms with E-state index in [4.69, 9.17) is 0 Å². The van der Waals surface area contributed by atoms with Gasteiger partial charge in [-0.1, -0.05) is 6.58 Å². The van der Waals surface area contributed by atoms with E-state index in [2.05, 4.69) is 6.58 Å². The highest BCUT2D eigenvalue weighted by molar-refractivity contribution is 7.98. The molecule has 7 heteroatoms. The maximum atomic E-state index is 12.0. The Balaban J connectivity index is 2.75. The molecule has 0 bridgehead atoms. The largest absolute Gasteiger partial charge is 0.307 e. The van der Waals surface area contributed by atoms with E-state index < -0.39 is 0 Å². The van der Waals surface area contributed by atoms with Crippen molar-refractivity contribution in [3.8, 4) is 0 Å². The summed E-state index contributed by atoms with van der Waals surface area (Å²) in [5.74, 6) is 0.227. The molecule has 1 aliphatic rings. The highest BCUT2D eigenvalue weighted by Gasteiger charge is 2.29. The Bertz CT molecular complexity index is 386. The van der Waals surface area contributed by atoms with Gasteiger partial charge in [-0.05, 0) is 12.3 Å². The molecule has 1 rings (SSSR count). The quantitative estimate of drug-likeness (QED) is 0.698. The number of rotatable bonds is 4. The number of hydrogen-bond acceptors (Lipinski definition) is 4. The minimum Gasteiger partial charge on any atom is -0.307 e. The van der Waals surface area contributed by atoms with Crippen LogP contribution in [-0.2, 0) is 14.4 Å². The highest BCUT2D eigenvalue weighted by atomic mass is 32.2. The van der Waals surface area contributed by atoms with Gasteiger partial charge in [-0.2, -0.15) is 11.8 Å². The Morgan fingerprint density at radius 3 is 2.26 bits per heavy atom. The monoisotopic (exact) mass is 285 g/mol. The van der Waals surface area contributed by atoms with Crippen LogP contribution in [0.1, 0.15) is 13.3 Å². The van der Waals surface area contributed by atoms with Crippen molar-refractivity contribution in [1.29, 1.82) is 0 Å². The summed E-state index contributed by atoms with van der Waals surface area (Å²) in [5.41, 5.74) is 0. The molecule has 0 unspecified atom stereocenters. The Morgan fingerprint density at radius 1 is 1.16 bits per heavy atom. The van der Waals surface area contributed by atoms with Crippen LogP contribution in [0.2, 0.25) is 0 Å². The standard InChI is InChI=1S/C12H19N3O3S/c1-4-11(17)14-7-13(10(2)16)8-15(9-14)12(18)5-6-19-3/h4H,1,5-9H2,2-3H3.